The lowest BCUT2D eigenvalue weighted by atomic mass is 10.1. The van der Waals surface area contributed by atoms with Crippen molar-refractivity contribution in [2.75, 3.05) is 18.0 Å². The minimum absolute atomic E-state index is 0.116. The number of rotatable bonds is 8. The number of amides is 1. The molecule has 6 nitrogen and oxygen atoms in total. The Morgan fingerprint density at radius 1 is 1.00 bits per heavy atom. The van der Waals surface area contributed by atoms with Crippen LogP contribution in [0.2, 0.25) is 0 Å². The van der Waals surface area contributed by atoms with Crippen molar-refractivity contribution in [2.45, 2.75) is 24.8 Å². The van der Waals surface area contributed by atoms with Crippen LogP contribution in [0.5, 0.6) is 5.75 Å². The molecule has 1 unspecified atom stereocenters. The highest BCUT2D eigenvalue weighted by Crippen LogP contribution is 2.27. The number of nitrogens with zero attached hydrogens (tertiary/aromatic N) is 1. The molecule has 1 N–H and O–H groups in total. The molecule has 31 heavy (non-hydrogen) atoms. The molecule has 1 amide bonds. The zero-order valence-electron chi connectivity index (χ0n) is 17.8. The summed E-state index contributed by atoms with van der Waals surface area (Å²) in [4.78, 5) is 13.0. The normalized spacial score (nSPS) is 12.1. The number of ether oxygens (including phenoxy) is 1. The number of hydrogen-bond donors (Lipinski definition) is 1. The summed E-state index contributed by atoms with van der Waals surface area (Å²) in [6.45, 7) is 3.38. The third kappa shape index (κ3) is 5.44. The van der Waals surface area contributed by atoms with Crippen LogP contribution in [0, 0.1) is 6.92 Å². The number of aryl methyl sites for hydroxylation is 1. The zero-order valence-corrected chi connectivity index (χ0v) is 18.6. The number of hydrogen-bond acceptors (Lipinski definition) is 4. The molecule has 3 aromatic rings. The Kier molecular flexibility index (Phi) is 6.97. The van der Waals surface area contributed by atoms with Crippen LogP contribution < -0.4 is 14.4 Å². The van der Waals surface area contributed by atoms with Crippen molar-refractivity contribution >= 4 is 21.6 Å². The summed E-state index contributed by atoms with van der Waals surface area (Å²) >= 11 is 0. The number of nitrogens with one attached hydrogen (secondary N) is 1. The number of benzene rings is 3. The van der Waals surface area contributed by atoms with Gasteiger partial charge in [-0.2, -0.15) is 0 Å². The standard InChI is InChI=1S/C24H26N2O4S/c1-18-12-14-23(15-13-18)31(28,29)26(21-10-7-11-22(16-21)30-3)17-24(27)25-19(2)20-8-5-4-6-9-20/h4-16,19H,17H2,1-3H3,(H,25,27). The van der Waals surface area contributed by atoms with Crippen LogP contribution in [0.3, 0.4) is 0 Å². The largest absolute Gasteiger partial charge is 0.497 e. The minimum Gasteiger partial charge on any atom is -0.497 e. The summed E-state index contributed by atoms with van der Waals surface area (Å²) in [5.41, 5.74) is 2.23. The van der Waals surface area contributed by atoms with E-state index in [1.54, 1.807) is 48.5 Å². The second-order valence-corrected chi connectivity index (χ2v) is 9.09. The van der Waals surface area contributed by atoms with Crippen LogP contribution in [0.1, 0.15) is 24.1 Å². The van der Waals surface area contributed by atoms with E-state index < -0.39 is 15.9 Å². The van der Waals surface area contributed by atoms with Crippen molar-refractivity contribution in [3.63, 3.8) is 0 Å². The van der Waals surface area contributed by atoms with Gasteiger partial charge in [-0.1, -0.05) is 54.1 Å². The molecule has 0 aliphatic rings. The van der Waals surface area contributed by atoms with Crippen molar-refractivity contribution < 1.29 is 17.9 Å². The fourth-order valence-electron chi connectivity index (χ4n) is 3.16. The van der Waals surface area contributed by atoms with E-state index in [-0.39, 0.29) is 17.5 Å². The average molecular weight is 439 g/mol. The van der Waals surface area contributed by atoms with Gasteiger partial charge >= 0.3 is 0 Å². The summed E-state index contributed by atoms with van der Waals surface area (Å²) < 4.78 is 33.2. The fraction of sp³-hybridized carbons (Fsp3) is 0.208. The lowest BCUT2D eigenvalue weighted by Crippen LogP contribution is -2.41. The Hall–Kier alpha value is -3.32. The first-order valence-electron chi connectivity index (χ1n) is 9.89. The van der Waals surface area contributed by atoms with Crippen LogP contribution in [-0.4, -0.2) is 28.0 Å². The van der Waals surface area contributed by atoms with Gasteiger partial charge in [0.1, 0.15) is 12.3 Å². The molecule has 0 aliphatic heterocycles. The van der Waals surface area contributed by atoms with Gasteiger partial charge in [-0.3, -0.25) is 9.10 Å². The summed E-state index contributed by atoms with van der Waals surface area (Å²) in [6.07, 6.45) is 0. The van der Waals surface area contributed by atoms with Gasteiger partial charge in [0.15, 0.2) is 0 Å². The van der Waals surface area contributed by atoms with E-state index in [0.717, 1.165) is 15.4 Å². The van der Waals surface area contributed by atoms with E-state index >= 15 is 0 Å². The first-order valence-corrected chi connectivity index (χ1v) is 11.3. The van der Waals surface area contributed by atoms with E-state index in [1.165, 1.54) is 7.11 Å². The molecule has 3 aromatic carbocycles. The molecule has 3 rings (SSSR count). The fourth-order valence-corrected chi connectivity index (χ4v) is 4.57. The van der Waals surface area contributed by atoms with Gasteiger partial charge < -0.3 is 10.1 Å². The van der Waals surface area contributed by atoms with Gasteiger partial charge in [-0.25, -0.2) is 8.42 Å². The molecule has 162 valence electrons. The Balaban J connectivity index is 1.92. The molecule has 0 saturated heterocycles. The Labute approximate surface area is 183 Å². The van der Waals surface area contributed by atoms with Crippen LogP contribution in [0.4, 0.5) is 5.69 Å². The van der Waals surface area contributed by atoms with Gasteiger partial charge in [0, 0.05) is 6.07 Å². The molecule has 7 heteroatoms. The van der Waals surface area contributed by atoms with Gasteiger partial charge in [0.05, 0.1) is 23.7 Å². The Morgan fingerprint density at radius 2 is 1.68 bits per heavy atom. The van der Waals surface area contributed by atoms with Gasteiger partial charge in [-0.05, 0) is 43.7 Å². The predicted octanol–water partition coefficient (Wildman–Crippen LogP) is 4.08. The highest BCUT2D eigenvalue weighted by Gasteiger charge is 2.28. The van der Waals surface area contributed by atoms with Crippen molar-refractivity contribution in [3.8, 4) is 5.75 Å². The molecule has 0 spiro atoms. The van der Waals surface area contributed by atoms with E-state index in [0.29, 0.717) is 11.4 Å². The van der Waals surface area contributed by atoms with Crippen molar-refractivity contribution in [3.05, 3.63) is 90.0 Å². The van der Waals surface area contributed by atoms with Gasteiger partial charge in [0.25, 0.3) is 10.0 Å². The molecule has 0 bridgehead atoms. The molecular formula is C24H26N2O4S. The number of carbonyl (C=O) groups is 1. The average Bonchev–Trinajstić information content (AvgIpc) is 2.78. The van der Waals surface area contributed by atoms with Crippen molar-refractivity contribution in [2.24, 2.45) is 0 Å². The van der Waals surface area contributed by atoms with Crippen LogP contribution in [-0.2, 0) is 14.8 Å². The van der Waals surface area contributed by atoms with Crippen molar-refractivity contribution in [1.29, 1.82) is 0 Å². The van der Waals surface area contributed by atoms with E-state index in [4.69, 9.17) is 4.74 Å². The highest BCUT2D eigenvalue weighted by molar-refractivity contribution is 7.92. The minimum atomic E-state index is -3.97. The quantitative estimate of drug-likeness (QED) is 0.575. The summed E-state index contributed by atoms with van der Waals surface area (Å²) in [5, 5.41) is 2.88. The maximum atomic E-state index is 13.4. The molecule has 0 aromatic heterocycles. The monoisotopic (exact) mass is 438 g/mol. The maximum absolute atomic E-state index is 13.4. The smallest absolute Gasteiger partial charge is 0.264 e. The molecule has 0 fully saturated rings. The number of anilines is 1. The van der Waals surface area contributed by atoms with Crippen molar-refractivity contribution in [1.82, 2.24) is 5.32 Å². The van der Waals surface area contributed by atoms with E-state index in [2.05, 4.69) is 5.32 Å². The van der Waals surface area contributed by atoms with E-state index in [9.17, 15) is 13.2 Å². The second-order valence-electron chi connectivity index (χ2n) is 7.23. The van der Waals surface area contributed by atoms with Crippen LogP contribution >= 0.6 is 0 Å². The SMILES string of the molecule is COc1cccc(N(CC(=O)NC(C)c2ccccc2)S(=O)(=O)c2ccc(C)cc2)c1. The predicted molar refractivity (Wildman–Crippen MR) is 122 cm³/mol. The lowest BCUT2D eigenvalue weighted by molar-refractivity contribution is -0.120. The van der Waals surface area contributed by atoms with Crippen LogP contribution in [0.25, 0.3) is 0 Å². The Morgan fingerprint density at radius 3 is 2.32 bits per heavy atom. The molecule has 1 atom stereocenters. The van der Waals surface area contributed by atoms with Gasteiger partial charge in [-0.15, -0.1) is 0 Å². The van der Waals surface area contributed by atoms with Gasteiger partial charge in [0.2, 0.25) is 5.91 Å². The molecule has 0 radical (unpaired) electrons. The summed E-state index contributed by atoms with van der Waals surface area (Å²) in [6, 6.07) is 22.4. The number of methoxy groups -OCH3 is 1. The van der Waals surface area contributed by atoms with Crippen LogP contribution in [0.15, 0.2) is 83.8 Å². The number of carbonyl (C=O) groups excluding carboxylic acids is 1. The maximum Gasteiger partial charge on any atom is 0.264 e. The molecule has 0 heterocycles. The molecule has 0 saturated carbocycles. The third-order valence-corrected chi connectivity index (χ3v) is 6.70. The molecular weight excluding hydrogens is 412 g/mol. The molecule has 0 aliphatic carbocycles. The summed E-state index contributed by atoms with van der Waals surface area (Å²) in [7, 11) is -2.47. The number of sulfonamides is 1. The zero-order chi connectivity index (χ0) is 22.4. The lowest BCUT2D eigenvalue weighted by Gasteiger charge is -2.25. The Bertz CT molecular complexity index is 1130. The van der Waals surface area contributed by atoms with E-state index in [1.807, 2.05) is 44.2 Å². The topological polar surface area (TPSA) is 75.7 Å². The first kappa shape index (κ1) is 22.4. The first-order chi connectivity index (χ1) is 14.8. The highest BCUT2D eigenvalue weighted by atomic mass is 32.2. The second kappa shape index (κ2) is 9.66. The summed E-state index contributed by atoms with van der Waals surface area (Å²) in [5.74, 6) is 0.0922. The third-order valence-electron chi connectivity index (χ3n) is 4.91.